The summed E-state index contributed by atoms with van der Waals surface area (Å²) in [6.45, 7) is 3.17. The molecule has 1 aliphatic heterocycles. The lowest BCUT2D eigenvalue weighted by Crippen LogP contribution is -2.24. The van der Waals surface area contributed by atoms with Crippen molar-refractivity contribution >= 4 is 17.5 Å². The van der Waals surface area contributed by atoms with Crippen LogP contribution in [0.2, 0.25) is 5.02 Å². The van der Waals surface area contributed by atoms with Gasteiger partial charge in [-0.2, -0.15) is 4.98 Å². The van der Waals surface area contributed by atoms with Crippen LogP contribution in [0.3, 0.4) is 0 Å². The zero-order valence-corrected chi connectivity index (χ0v) is 15.1. The molecule has 0 N–H and O–H groups in total. The van der Waals surface area contributed by atoms with Gasteiger partial charge in [0.15, 0.2) is 5.82 Å². The van der Waals surface area contributed by atoms with Crippen LogP contribution in [0.4, 0.5) is 0 Å². The topological polar surface area (TPSA) is 59.2 Å². The summed E-state index contributed by atoms with van der Waals surface area (Å²) in [6.07, 6.45) is 0.403. The number of rotatable bonds is 4. The van der Waals surface area contributed by atoms with E-state index in [1.165, 1.54) is 0 Å². The van der Waals surface area contributed by atoms with E-state index in [0.717, 1.165) is 16.7 Å². The van der Waals surface area contributed by atoms with E-state index in [1.807, 2.05) is 60.4 Å². The fraction of sp³-hybridized carbons (Fsp3) is 0.250. The summed E-state index contributed by atoms with van der Waals surface area (Å²) in [5, 5.41) is 4.80. The molecule has 1 fully saturated rings. The van der Waals surface area contributed by atoms with Gasteiger partial charge >= 0.3 is 0 Å². The Labute approximate surface area is 156 Å². The lowest BCUT2D eigenvalue weighted by Gasteiger charge is -2.16. The molecule has 1 aliphatic rings. The summed E-state index contributed by atoms with van der Waals surface area (Å²) in [4.78, 5) is 18.7. The molecular weight excluding hydrogens is 350 g/mol. The van der Waals surface area contributed by atoms with E-state index < -0.39 is 0 Å². The zero-order valence-electron chi connectivity index (χ0n) is 14.4. The normalized spacial score (nSPS) is 17.1. The molecule has 0 spiro atoms. The van der Waals surface area contributed by atoms with Gasteiger partial charge in [0.1, 0.15) is 0 Å². The minimum Gasteiger partial charge on any atom is -0.338 e. The van der Waals surface area contributed by atoms with Crippen molar-refractivity contribution in [3.8, 4) is 11.5 Å². The van der Waals surface area contributed by atoms with E-state index in [2.05, 4.69) is 10.1 Å². The molecule has 2 heterocycles. The molecule has 1 atom stereocenters. The van der Waals surface area contributed by atoms with Gasteiger partial charge in [-0.05, 0) is 36.8 Å². The van der Waals surface area contributed by atoms with Gasteiger partial charge in [0.25, 0.3) is 5.89 Å². The van der Waals surface area contributed by atoms with Gasteiger partial charge in [-0.15, -0.1) is 0 Å². The Morgan fingerprint density at radius 3 is 2.81 bits per heavy atom. The van der Waals surface area contributed by atoms with Gasteiger partial charge < -0.3 is 9.42 Å². The van der Waals surface area contributed by atoms with E-state index in [0.29, 0.717) is 36.2 Å². The fourth-order valence-corrected chi connectivity index (χ4v) is 3.33. The number of carbonyl (C=O) groups excluding carboxylic acids is 1. The number of amides is 1. The third-order valence-electron chi connectivity index (χ3n) is 4.57. The van der Waals surface area contributed by atoms with Crippen LogP contribution in [0.15, 0.2) is 53.1 Å². The minimum atomic E-state index is -0.0443. The average Bonchev–Trinajstić information content (AvgIpc) is 3.24. The Hall–Kier alpha value is -2.66. The van der Waals surface area contributed by atoms with Crippen molar-refractivity contribution in [2.24, 2.45) is 0 Å². The number of benzene rings is 2. The molecule has 26 heavy (non-hydrogen) atoms. The van der Waals surface area contributed by atoms with Gasteiger partial charge in [0.05, 0.1) is 0 Å². The molecule has 0 saturated carbocycles. The summed E-state index contributed by atoms with van der Waals surface area (Å²) < 4.78 is 5.41. The van der Waals surface area contributed by atoms with E-state index in [-0.39, 0.29) is 11.8 Å². The first-order valence-electron chi connectivity index (χ1n) is 8.51. The molecule has 1 aromatic heterocycles. The smallest absolute Gasteiger partial charge is 0.257 e. The SMILES string of the molecule is Cc1cccc(-c2nc(C3CC(=O)N(Cc4ccc(Cl)cc4)C3)no2)c1. The molecule has 5 nitrogen and oxygen atoms in total. The Morgan fingerprint density at radius 1 is 1.23 bits per heavy atom. The summed E-state index contributed by atoms with van der Waals surface area (Å²) in [5.41, 5.74) is 3.08. The zero-order chi connectivity index (χ0) is 18.1. The fourth-order valence-electron chi connectivity index (χ4n) is 3.20. The Bertz CT molecular complexity index is 936. The summed E-state index contributed by atoms with van der Waals surface area (Å²) in [5.74, 6) is 1.14. The van der Waals surface area contributed by atoms with Crippen molar-refractivity contribution in [1.82, 2.24) is 15.0 Å². The maximum absolute atomic E-state index is 12.4. The maximum atomic E-state index is 12.4. The summed E-state index contributed by atoms with van der Waals surface area (Å²) in [7, 11) is 0. The van der Waals surface area contributed by atoms with E-state index in [9.17, 15) is 4.79 Å². The highest BCUT2D eigenvalue weighted by Crippen LogP contribution is 2.29. The standard InChI is InChI=1S/C20H18ClN3O2/c1-13-3-2-4-15(9-13)20-22-19(23-26-20)16-10-18(25)24(12-16)11-14-5-7-17(21)8-6-14/h2-9,16H,10-12H2,1H3. The predicted molar refractivity (Wildman–Crippen MR) is 98.7 cm³/mol. The summed E-state index contributed by atoms with van der Waals surface area (Å²) in [6, 6.07) is 15.5. The van der Waals surface area contributed by atoms with Crippen LogP contribution in [0.25, 0.3) is 11.5 Å². The first kappa shape index (κ1) is 16.8. The second-order valence-corrected chi connectivity index (χ2v) is 7.07. The highest BCUT2D eigenvalue weighted by Gasteiger charge is 2.33. The molecule has 1 unspecified atom stereocenters. The van der Waals surface area contributed by atoms with E-state index in [4.69, 9.17) is 16.1 Å². The van der Waals surface area contributed by atoms with Gasteiger partial charge in [0, 0.05) is 36.0 Å². The number of hydrogen-bond acceptors (Lipinski definition) is 4. The Balaban J connectivity index is 1.48. The Morgan fingerprint density at radius 2 is 2.04 bits per heavy atom. The van der Waals surface area contributed by atoms with Crippen molar-refractivity contribution < 1.29 is 9.32 Å². The van der Waals surface area contributed by atoms with Crippen molar-refractivity contribution in [2.75, 3.05) is 6.54 Å². The molecule has 132 valence electrons. The number of carbonyl (C=O) groups is 1. The molecule has 0 radical (unpaired) electrons. The largest absolute Gasteiger partial charge is 0.338 e. The van der Waals surface area contributed by atoms with Crippen molar-refractivity contribution in [3.63, 3.8) is 0 Å². The van der Waals surface area contributed by atoms with Gasteiger partial charge in [-0.25, -0.2) is 0 Å². The predicted octanol–water partition coefficient (Wildman–Crippen LogP) is 4.21. The van der Waals surface area contributed by atoms with Crippen LogP contribution < -0.4 is 0 Å². The van der Waals surface area contributed by atoms with Gasteiger partial charge in [-0.3, -0.25) is 4.79 Å². The maximum Gasteiger partial charge on any atom is 0.257 e. The number of halogens is 1. The van der Waals surface area contributed by atoms with E-state index >= 15 is 0 Å². The van der Waals surface area contributed by atoms with Crippen molar-refractivity contribution in [3.05, 3.63) is 70.5 Å². The first-order valence-corrected chi connectivity index (χ1v) is 8.89. The number of nitrogens with zero attached hydrogens (tertiary/aromatic N) is 3. The molecule has 1 saturated heterocycles. The molecule has 1 amide bonds. The van der Waals surface area contributed by atoms with Crippen LogP contribution in [-0.2, 0) is 11.3 Å². The van der Waals surface area contributed by atoms with Crippen molar-refractivity contribution in [1.29, 1.82) is 0 Å². The van der Waals surface area contributed by atoms with Crippen LogP contribution >= 0.6 is 11.6 Å². The van der Waals surface area contributed by atoms with Gasteiger partial charge in [-0.1, -0.05) is 46.6 Å². The molecule has 6 heteroatoms. The second-order valence-electron chi connectivity index (χ2n) is 6.63. The molecule has 0 bridgehead atoms. The lowest BCUT2D eigenvalue weighted by atomic mass is 10.1. The first-order chi connectivity index (χ1) is 12.6. The highest BCUT2D eigenvalue weighted by molar-refractivity contribution is 6.30. The molecule has 3 aromatic rings. The molecular formula is C20H18ClN3O2. The van der Waals surface area contributed by atoms with Crippen LogP contribution in [0.1, 0.15) is 29.3 Å². The van der Waals surface area contributed by atoms with Crippen LogP contribution in [0.5, 0.6) is 0 Å². The third-order valence-corrected chi connectivity index (χ3v) is 4.83. The molecule has 0 aliphatic carbocycles. The van der Waals surface area contributed by atoms with Gasteiger partial charge in [0.2, 0.25) is 5.91 Å². The number of hydrogen-bond donors (Lipinski definition) is 0. The number of likely N-dealkylation sites (tertiary alicyclic amines) is 1. The monoisotopic (exact) mass is 367 g/mol. The number of aromatic nitrogens is 2. The Kier molecular flexibility index (Phi) is 4.47. The van der Waals surface area contributed by atoms with Crippen molar-refractivity contribution in [2.45, 2.75) is 25.8 Å². The minimum absolute atomic E-state index is 0.0443. The average molecular weight is 368 g/mol. The highest BCUT2D eigenvalue weighted by atomic mass is 35.5. The quantitative estimate of drug-likeness (QED) is 0.693. The van der Waals surface area contributed by atoms with Crippen LogP contribution in [-0.4, -0.2) is 27.5 Å². The number of aryl methyl sites for hydroxylation is 1. The van der Waals surface area contributed by atoms with E-state index in [1.54, 1.807) is 0 Å². The second kappa shape index (κ2) is 6.92. The lowest BCUT2D eigenvalue weighted by molar-refractivity contribution is -0.128. The van der Waals surface area contributed by atoms with Crippen LogP contribution in [0, 0.1) is 6.92 Å². The molecule has 2 aromatic carbocycles. The summed E-state index contributed by atoms with van der Waals surface area (Å²) >= 11 is 5.92. The third kappa shape index (κ3) is 3.48. The molecule has 4 rings (SSSR count).